The summed E-state index contributed by atoms with van der Waals surface area (Å²) in [6.07, 6.45) is 8.98. The van der Waals surface area contributed by atoms with Crippen LogP contribution in [0.4, 0.5) is 5.69 Å². The molecular weight excluding hydrogens is 260 g/mol. The molecule has 1 aliphatic heterocycles. The highest BCUT2D eigenvalue weighted by Crippen LogP contribution is 2.35. The number of nitrogens with two attached hydrogens (primary N) is 1. The van der Waals surface area contributed by atoms with E-state index >= 15 is 0 Å². The topological polar surface area (TPSA) is 46.3 Å². The monoisotopic (exact) mass is 286 g/mol. The molecule has 0 aromatic heterocycles. The van der Waals surface area contributed by atoms with E-state index in [1.807, 2.05) is 25.1 Å². The number of anilines is 1. The van der Waals surface area contributed by atoms with Gasteiger partial charge in [0.1, 0.15) is 0 Å². The number of nitrogen functional groups attached to an aromatic ring is 1. The summed E-state index contributed by atoms with van der Waals surface area (Å²) in [5.41, 5.74) is 8.41. The number of hydrogen-bond donors (Lipinski definition) is 1. The fraction of sp³-hybridized carbons (Fsp3) is 0.611. The van der Waals surface area contributed by atoms with Gasteiger partial charge in [-0.15, -0.1) is 0 Å². The molecule has 0 bridgehead atoms. The predicted molar refractivity (Wildman–Crippen MR) is 86.2 cm³/mol. The fourth-order valence-corrected chi connectivity index (χ4v) is 4.03. The van der Waals surface area contributed by atoms with Crippen molar-refractivity contribution in [2.45, 2.75) is 57.9 Å². The van der Waals surface area contributed by atoms with Gasteiger partial charge in [0.2, 0.25) is 0 Å². The van der Waals surface area contributed by atoms with Gasteiger partial charge in [0, 0.05) is 23.8 Å². The second kappa shape index (κ2) is 6.08. The van der Waals surface area contributed by atoms with Crippen molar-refractivity contribution >= 4 is 11.6 Å². The van der Waals surface area contributed by atoms with Crippen molar-refractivity contribution < 1.29 is 4.79 Å². The molecule has 1 aliphatic carbocycles. The highest BCUT2D eigenvalue weighted by Gasteiger charge is 2.35. The van der Waals surface area contributed by atoms with Gasteiger partial charge in [-0.05, 0) is 62.3 Å². The number of benzene rings is 1. The lowest BCUT2D eigenvalue weighted by molar-refractivity contribution is 0.0661. The predicted octanol–water partition coefficient (Wildman–Crippen LogP) is 3.76. The molecule has 1 aromatic rings. The van der Waals surface area contributed by atoms with Crippen molar-refractivity contribution in [2.75, 3.05) is 12.3 Å². The lowest BCUT2D eigenvalue weighted by Crippen LogP contribution is -2.40. The van der Waals surface area contributed by atoms with Crippen LogP contribution in [0.15, 0.2) is 18.2 Å². The first-order chi connectivity index (χ1) is 10.2. The molecule has 21 heavy (non-hydrogen) atoms. The Hall–Kier alpha value is -1.51. The number of carbonyl (C=O) groups is 1. The Balaban J connectivity index is 1.77. The highest BCUT2D eigenvalue weighted by atomic mass is 16.2. The molecule has 3 heteroatoms. The molecule has 1 saturated carbocycles. The van der Waals surface area contributed by atoms with Crippen molar-refractivity contribution in [1.29, 1.82) is 0 Å². The molecule has 1 aromatic carbocycles. The summed E-state index contributed by atoms with van der Waals surface area (Å²) in [5, 5.41) is 0. The van der Waals surface area contributed by atoms with Crippen molar-refractivity contribution in [3.63, 3.8) is 0 Å². The van der Waals surface area contributed by atoms with Gasteiger partial charge in [-0.2, -0.15) is 0 Å². The van der Waals surface area contributed by atoms with E-state index in [1.165, 1.54) is 38.5 Å². The summed E-state index contributed by atoms with van der Waals surface area (Å²) < 4.78 is 0. The van der Waals surface area contributed by atoms with Crippen LogP contribution in [0.1, 0.15) is 60.9 Å². The summed E-state index contributed by atoms with van der Waals surface area (Å²) in [4.78, 5) is 15.0. The third-order valence-corrected chi connectivity index (χ3v) is 5.27. The maximum atomic E-state index is 12.8. The molecule has 2 aliphatic rings. The Morgan fingerprint density at radius 2 is 1.90 bits per heavy atom. The van der Waals surface area contributed by atoms with Gasteiger partial charge in [0.15, 0.2) is 0 Å². The van der Waals surface area contributed by atoms with Crippen LogP contribution in [0.3, 0.4) is 0 Å². The fourth-order valence-electron chi connectivity index (χ4n) is 4.03. The van der Waals surface area contributed by atoms with Gasteiger partial charge in [-0.3, -0.25) is 4.79 Å². The Bertz CT molecular complexity index is 520. The summed E-state index contributed by atoms with van der Waals surface area (Å²) in [6, 6.07) is 6.14. The second-order valence-corrected chi connectivity index (χ2v) is 6.68. The zero-order valence-corrected chi connectivity index (χ0v) is 13.0. The van der Waals surface area contributed by atoms with Crippen LogP contribution in [0.2, 0.25) is 0 Å². The van der Waals surface area contributed by atoms with Crippen LogP contribution in [0.5, 0.6) is 0 Å². The molecule has 3 rings (SSSR count). The summed E-state index contributed by atoms with van der Waals surface area (Å²) >= 11 is 0. The summed E-state index contributed by atoms with van der Waals surface area (Å²) in [5.74, 6) is 0.922. The SMILES string of the molecule is Cc1cc(C(=O)N2CCCC2C2CCCCC2)ccc1N. The quantitative estimate of drug-likeness (QED) is 0.841. The third kappa shape index (κ3) is 2.92. The van der Waals surface area contributed by atoms with Crippen molar-refractivity contribution in [3.8, 4) is 0 Å². The highest BCUT2D eigenvalue weighted by molar-refractivity contribution is 5.95. The molecule has 114 valence electrons. The first-order valence-electron chi connectivity index (χ1n) is 8.34. The standard InChI is InChI=1S/C18H26N2O/c1-13-12-15(9-10-16(13)19)18(21)20-11-5-8-17(20)14-6-3-2-4-7-14/h9-10,12,14,17H,2-8,11,19H2,1H3. The van der Waals surface area contributed by atoms with E-state index in [0.29, 0.717) is 6.04 Å². The first kappa shape index (κ1) is 14.4. The van der Waals surface area contributed by atoms with Crippen LogP contribution in [-0.4, -0.2) is 23.4 Å². The minimum atomic E-state index is 0.200. The average molecular weight is 286 g/mol. The first-order valence-corrected chi connectivity index (χ1v) is 8.34. The van der Waals surface area contributed by atoms with Crippen LogP contribution < -0.4 is 5.73 Å². The van der Waals surface area contributed by atoms with E-state index in [4.69, 9.17) is 5.73 Å². The van der Waals surface area contributed by atoms with Gasteiger partial charge in [-0.1, -0.05) is 19.3 Å². The molecule has 1 heterocycles. The second-order valence-electron chi connectivity index (χ2n) is 6.68. The molecule has 2 fully saturated rings. The lowest BCUT2D eigenvalue weighted by Gasteiger charge is -2.34. The number of nitrogens with zero attached hydrogens (tertiary/aromatic N) is 1. The van der Waals surface area contributed by atoms with E-state index in [-0.39, 0.29) is 5.91 Å². The van der Waals surface area contributed by atoms with Crippen molar-refractivity contribution in [1.82, 2.24) is 4.90 Å². The normalized spacial score (nSPS) is 23.5. The van der Waals surface area contributed by atoms with E-state index in [1.54, 1.807) is 0 Å². The zero-order chi connectivity index (χ0) is 14.8. The molecule has 0 spiro atoms. The number of likely N-dealkylation sites (tertiary alicyclic amines) is 1. The van der Waals surface area contributed by atoms with Crippen molar-refractivity contribution in [2.24, 2.45) is 5.92 Å². The van der Waals surface area contributed by atoms with E-state index < -0.39 is 0 Å². The average Bonchev–Trinajstić information content (AvgIpc) is 2.99. The number of rotatable bonds is 2. The summed E-state index contributed by atoms with van der Waals surface area (Å²) in [6.45, 7) is 2.89. The van der Waals surface area contributed by atoms with E-state index in [9.17, 15) is 4.79 Å². The number of aryl methyl sites for hydroxylation is 1. The Labute approximate surface area is 127 Å². The Morgan fingerprint density at radius 3 is 2.62 bits per heavy atom. The van der Waals surface area contributed by atoms with Gasteiger partial charge in [0.05, 0.1) is 0 Å². The molecule has 3 nitrogen and oxygen atoms in total. The van der Waals surface area contributed by atoms with E-state index in [0.717, 1.165) is 35.7 Å². The van der Waals surface area contributed by atoms with Crippen LogP contribution in [0, 0.1) is 12.8 Å². The number of amides is 1. The molecule has 1 saturated heterocycles. The molecule has 1 amide bonds. The van der Waals surface area contributed by atoms with E-state index in [2.05, 4.69) is 4.90 Å². The minimum Gasteiger partial charge on any atom is -0.399 e. The largest absolute Gasteiger partial charge is 0.399 e. The maximum absolute atomic E-state index is 12.8. The van der Waals surface area contributed by atoms with Crippen LogP contribution in [-0.2, 0) is 0 Å². The van der Waals surface area contributed by atoms with Crippen LogP contribution in [0.25, 0.3) is 0 Å². The molecule has 2 N–H and O–H groups in total. The molecule has 1 unspecified atom stereocenters. The van der Waals surface area contributed by atoms with Crippen molar-refractivity contribution in [3.05, 3.63) is 29.3 Å². The minimum absolute atomic E-state index is 0.200. The molecular formula is C18H26N2O. The maximum Gasteiger partial charge on any atom is 0.254 e. The zero-order valence-electron chi connectivity index (χ0n) is 13.0. The van der Waals surface area contributed by atoms with Gasteiger partial charge in [0.25, 0.3) is 5.91 Å². The molecule has 0 radical (unpaired) electrons. The van der Waals surface area contributed by atoms with Gasteiger partial charge < -0.3 is 10.6 Å². The number of hydrogen-bond acceptors (Lipinski definition) is 2. The number of carbonyl (C=O) groups excluding carboxylic acids is 1. The molecule has 1 atom stereocenters. The van der Waals surface area contributed by atoms with Gasteiger partial charge >= 0.3 is 0 Å². The smallest absolute Gasteiger partial charge is 0.254 e. The third-order valence-electron chi connectivity index (χ3n) is 5.27. The Kier molecular flexibility index (Phi) is 4.18. The lowest BCUT2D eigenvalue weighted by atomic mass is 9.83. The summed E-state index contributed by atoms with van der Waals surface area (Å²) in [7, 11) is 0. The Morgan fingerprint density at radius 1 is 1.14 bits per heavy atom. The van der Waals surface area contributed by atoms with Crippen LogP contribution >= 0.6 is 0 Å². The van der Waals surface area contributed by atoms with Gasteiger partial charge in [-0.25, -0.2) is 0 Å².